The quantitative estimate of drug-likeness (QED) is 0.391. The van der Waals surface area contributed by atoms with Gasteiger partial charge in [-0.3, -0.25) is 29.0 Å². The first-order valence-electron chi connectivity index (χ1n) is 9.53. The maximum absolute atomic E-state index is 12.8. The van der Waals surface area contributed by atoms with Crippen molar-refractivity contribution in [3.8, 4) is 0 Å². The van der Waals surface area contributed by atoms with E-state index in [-0.39, 0.29) is 37.7 Å². The van der Waals surface area contributed by atoms with Crippen LogP contribution in [0, 0.1) is 6.92 Å². The summed E-state index contributed by atoms with van der Waals surface area (Å²) >= 11 is 0. The number of carbonyl (C=O) groups is 5. The van der Waals surface area contributed by atoms with E-state index in [1.165, 1.54) is 4.90 Å². The van der Waals surface area contributed by atoms with Crippen molar-refractivity contribution in [1.29, 1.82) is 0 Å². The highest BCUT2D eigenvalue weighted by atomic mass is 16.2. The maximum atomic E-state index is 12.8. The summed E-state index contributed by atoms with van der Waals surface area (Å²) in [5.41, 5.74) is 0.452. The SMILES string of the molecule is Cc1ccc(C2(C)NC(=O)N(CC(=O)NCCCN3C(=O)CCC3=O)C2=O)cc1. The minimum Gasteiger partial charge on any atom is -0.354 e. The van der Waals surface area contributed by atoms with Crippen LogP contribution in [0.5, 0.6) is 0 Å². The highest BCUT2D eigenvalue weighted by molar-refractivity contribution is 6.09. The first-order chi connectivity index (χ1) is 13.7. The van der Waals surface area contributed by atoms with Gasteiger partial charge in [-0.1, -0.05) is 29.8 Å². The largest absolute Gasteiger partial charge is 0.354 e. The van der Waals surface area contributed by atoms with E-state index in [1.54, 1.807) is 19.1 Å². The fraction of sp³-hybridized carbons (Fsp3) is 0.450. The molecule has 0 aliphatic carbocycles. The number of amides is 6. The molecule has 1 aromatic carbocycles. The first kappa shape index (κ1) is 20.5. The third-order valence-electron chi connectivity index (χ3n) is 5.24. The number of nitrogens with zero attached hydrogens (tertiary/aromatic N) is 2. The van der Waals surface area contributed by atoms with Crippen molar-refractivity contribution >= 4 is 29.7 Å². The van der Waals surface area contributed by atoms with Gasteiger partial charge in [0.1, 0.15) is 12.1 Å². The second kappa shape index (κ2) is 8.02. The summed E-state index contributed by atoms with van der Waals surface area (Å²) in [6.07, 6.45) is 0.874. The summed E-state index contributed by atoms with van der Waals surface area (Å²) in [7, 11) is 0. The Kier molecular flexibility index (Phi) is 5.67. The Morgan fingerprint density at radius 3 is 2.31 bits per heavy atom. The van der Waals surface area contributed by atoms with Gasteiger partial charge in [-0.05, 0) is 25.8 Å². The Morgan fingerprint density at radius 1 is 1.07 bits per heavy atom. The molecule has 154 valence electrons. The minimum absolute atomic E-state index is 0.198. The Hall–Kier alpha value is -3.23. The molecule has 2 aliphatic rings. The molecule has 9 heteroatoms. The molecule has 3 rings (SSSR count). The zero-order valence-corrected chi connectivity index (χ0v) is 16.5. The molecule has 6 amide bonds. The van der Waals surface area contributed by atoms with Gasteiger partial charge in [-0.15, -0.1) is 0 Å². The number of hydrogen-bond acceptors (Lipinski definition) is 5. The number of carbonyl (C=O) groups excluding carboxylic acids is 5. The third-order valence-corrected chi connectivity index (χ3v) is 5.24. The van der Waals surface area contributed by atoms with Crippen LogP contribution in [-0.2, 0) is 24.7 Å². The van der Waals surface area contributed by atoms with Crippen LogP contribution >= 0.6 is 0 Å². The molecular formula is C20H24N4O5. The summed E-state index contributed by atoms with van der Waals surface area (Å²) in [5.74, 6) is -1.37. The Bertz CT molecular complexity index is 850. The minimum atomic E-state index is -1.22. The number of imide groups is 2. The van der Waals surface area contributed by atoms with Crippen molar-refractivity contribution in [2.24, 2.45) is 0 Å². The molecule has 0 aromatic heterocycles. The molecule has 9 nitrogen and oxygen atoms in total. The average molecular weight is 400 g/mol. The molecule has 2 heterocycles. The number of hydrogen-bond donors (Lipinski definition) is 2. The van der Waals surface area contributed by atoms with E-state index in [9.17, 15) is 24.0 Å². The molecule has 2 aliphatic heterocycles. The molecule has 2 saturated heterocycles. The smallest absolute Gasteiger partial charge is 0.325 e. The van der Waals surface area contributed by atoms with Crippen molar-refractivity contribution in [2.45, 2.75) is 38.6 Å². The van der Waals surface area contributed by atoms with Crippen LogP contribution in [0.15, 0.2) is 24.3 Å². The summed E-state index contributed by atoms with van der Waals surface area (Å²) in [4.78, 5) is 62.4. The van der Waals surface area contributed by atoms with Crippen molar-refractivity contribution in [1.82, 2.24) is 20.4 Å². The standard InChI is InChI=1S/C20H24N4O5/c1-13-4-6-14(7-5-13)20(2)18(28)24(19(29)22-20)12-15(25)21-10-3-11-23-16(26)8-9-17(23)27/h4-7H,3,8-12H2,1-2H3,(H,21,25)(H,22,29). The van der Waals surface area contributed by atoms with Crippen LogP contribution in [-0.4, -0.2) is 59.1 Å². The van der Waals surface area contributed by atoms with Crippen LogP contribution < -0.4 is 10.6 Å². The second-order valence-corrected chi connectivity index (χ2v) is 7.46. The van der Waals surface area contributed by atoms with Gasteiger partial charge in [0.05, 0.1) is 0 Å². The van der Waals surface area contributed by atoms with Gasteiger partial charge in [0.2, 0.25) is 17.7 Å². The van der Waals surface area contributed by atoms with Crippen molar-refractivity contribution in [3.63, 3.8) is 0 Å². The number of rotatable bonds is 7. The highest BCUT2D eigenvalue weighted by Crippen LogP contribution is 2.28. The molecular weight excluding hydrogens is 376 g/mol. The molecule has 1 aromatic rings. The van der Waals surface area contributed by atoms with E-state index in [4.69, 9.17) is 0 Å². The van der Waals surface area contributed by atoms with Crippen LogP contribution in [0.2, 0.25) is 0 Å². The lowest BCUT2D eigenvalue weighted by Gasteiger charge is -2.22. The Labute approximate surface area is 168 Å². The lowest BCUT2D eigenvalue weighted by molar-refractivity contribution is -0.138. The molecule has 2 fully saturated rings. The Morgan fingerprint density at radius 2 is 1.69 bits per heavy atom. The monoisotopic (exact) mass is 400 g/mol. The molecule has 2 N–H and O–H groups in total. The van der Waals surface area contributed by atoms with Gasteiger partial charge >= 0.3 is 6.03 Å². The van der Waals surface area contributed by atoms with E-state index >= 15 is 0 Å². The number of likely N-dealkylation sites (tertiary alicyclic amines) is 1. The van der Waals surface area contributed by atoms with Gasteiger partial charge in [-0.25, -0.2) is 4.79 Å². The van der Waals surface area contributed by atoms with Crippen LogP contribution in [0.4, 0.5) is 4.79 Å². The van der Waals surface area contributed by atoms with Gasteiger partial charge < -0.3 is 10.6 Å². The van der Waals surface area contributed by atoms with E-state index in [2.05, 4.69) is 10.6 Å². The molecule has 0 radical (unpaired) electrons. The number of benzene rings is 1. The lowest BCUT2D eigenvalue weighted by atomic mass is 9.91. The van der Waals surface area contributed by atoms with E-state index in [1.807, 2.05) is 19.1 Å². The van der Waals surface area contributed by atoms with Gasteiger partial charge in [-0.2, -0.15) is 0 Å². The number of nitrogens with one attached hydrogen (secondary N) is 2. The predicted molar refractivity (Wildman–Crippen MR) is 102 cm³/mol. The number of aryl methyl sites for hydroxylation is 1. The normalized spacial score (nSPS) is 21.7. The summed E-state index contributed by atoms with van der Waals surface area (Å²) in [5, 5.41) is 5.28. The van der Waals surface area contributed by atoms with E-state index in [0.717, 1.165) is 10.5 Å². The Balaban J connectivity index is 1.52. The van der Waals surface area contributed by atoms with Crippen molar-refractivity contribution in [2.75, 3.05) is 19.6 Å². The molecule has 1 unspecified atom stereocenters. The number of urea groups is 1. The molecule has 29 heavy (non-hydrogen) atoms. The molecule has 1 atom stereocenters. The van der Waals surface area contributed by atoms with E-state index in [0.29, 0.717) is 12.0 Å². The zero-order chi connectivity index (χ0) is 21.2. The predicted octanol–water partition coefficient (Wildman–Crippen LogP) is 0.417. The topological polar surface area (TPSA) is 116 Å². The summed E-state index contributed by atoms with van der Waals surface area (Å²) in [6.45, 7) is 3.61. The van der Waals surface area contributed by atoms with Crippen LogP contribution in [0.1, 0.15) is 37.3 Å². The van der Waals surface area contributed by atoms with Gasteiger partial charge in [0.15, 0.2) is 0 Å². The lowest BCUT2D eigenvalue weighted by Crippen LogP contribution is -2.43. The van der Waals surface area contributed by atoms with Crippen LogP contribution in [0.25, 0.3) is 0 Å². The molecule has 0 bridgehead atoms. The first-order valence-corrected chi connectivity index (χ1v) is 9.53. The highest BCUT2D eigenvalue weighted by Gasteiger charge is 2.49. The second-order valence-electron chi connectivity index (χ2n) is 7.46. The van der Waals surface area contributed by atoms with Gasteiger partial charge in [0.25, 0.3) is 5.91 Å². The molecule has 0 spiro atoms. The third kappa shape index (κ3) is 4.13. The average Bonchev–Trinajstić information content (AvgIpc) is 3.11. The van der Waals surface area contributed by atoms with Crippen molar-refractivity contribution in [3.05, 3.63) is 35.4 Å². The maximum Gasteiger partial charge on any atom is 0.325 e. The fourth-order valence-electron chi connectivity index (χ4n) is 3.46. The van der Waals surface area contributed by atoms with Crippen LogP contribution in [0.3, 0.4) is 0 Å². The summed E-state index contributed by atoms with van der Waals surface area (Å²) in [6, 6.07) is 6.63. The zero-order valence-electron chi connectivity index (χ0n) is 16.5. The van der Waals surface area contributed by atoms with Gasteiger partial charge in [0, 0.05) is 25.9 Å². The van der Waals surface area contributed by atoms with E-state index < -0.39 is 29.9 Å². The fourth-order valence-corrected chi connectivity index (χ4v) is 3.46. The molecule has 0 saturated carbocycles. The van der Waals surface area contributed by atoms with Crippen molar-refractivity contribution < 1.29 is 24.0 Å². The summed E-state index contributed by atoms with van der Waals surface area (Å²) < 4.78 is 0.